The van der Waals surface area contributed by atoms with Crippen LogP contribution in [0.4, 0.5) is 0 Å². The summed E-state index contributed by atoms with van der Waals surface area (Å²) in [6.07, 6.45) is 52.6. The number of rotatable bonds is 42. The molecular formula is C46H88O4. The summed E-state index contributed by atoms with van der Waals surface area (Å²) in [5.41, 5.74) is 0. The van der Waals surface area contributed by atoms with Gasteiger partial charge in [0.05, 0.1) is 0 Å². The van der Waals surface area contributed by atoms with E-state index in [-0.39, 0.29) is 12.1 Å². The minimum Gasteiger partial charge on any atom is -0.481 e. The van der Waals surface area contributed by atoms with E-state index in [1.54, 1.807) is 0 Å². The smallest absolute Gasteiger partial charge is 0.306 e. The number of carbonyl (C=O) groups is 2. The van der Waals surface area contributed by atoms with Gasteiger partial charge < -0.3 is 9.84 Å². The van der Waals surface area contributed by atoms with Crippen LogP contribution in [0.3, 0.4) is 0 Å². The molecular weight excluding hydrogens is 617 g/mol. The molecule has 0 aromatic rings. The molecule has 50 heavy (non-hydrogen) atoms. The van der Waals surface area contributed by atoms with Crippen molar-refractivity contribution in [2.45, 2.75) is 270 Å². The molecule has 0 fully saturated rings. The van der Waals surface area contributed by atoms with Crippen molar-refractivity contribution in [3.8, 4) is 0 Å². The molecule has 4 heteroatoms. The number of carboxylic acid groups (broad SMARTS) is 1. The average molecular weight is 705 g/mol. The summed E-state index contributed by atoms with van der Waals surface area (Å²) >= 11 is 0. The van der Waals surface area contributed by atoms with Crippen molar-refractivity contribution in [2.24, 2.45) is 0 Å². The second kappa shape index (κ2) is 42.1. The Morgan fingerprint density at radius 3 is 1.08 bits per heavy atom. The van der Waals surface area contributed by atoms with E-state index in [1.807, 2.05) is 0 Å². The van der Waals surface area contributed by atoms with Gasteiger partial charge >= 0.3 is 11.9 Å². The molecule has 0 aromatic heterocycles. The lowest BCUT2D eigenvalue weighted by molar-refractivity contribution is -0.150. The standard InChI is InChI=1S/C46H88O4/c1-3-5-7-9-11-12-13-14-15-16-17-18-19-20-24-27-31-35-39-43-46(49)50-44(40-36-32-28-10-8-6-4-2)41-37-33-29-25-22-21-23-26-30-34-38-42-45(47)48/h14-15,44H,3-13,16-43H2,1-2H3,(H,47,48)/b15-14-. The zero-order valence-electron chi connectivity index (χ0n) is 34.0. The molecule has 0 heterocycles. The van der Waals surface area contributed by atoms with Crippen LogP contribution in [0.15, 0.2) is 12.2 Å². The third kappa shape index (κ3) is 41.1. The van der Waals surface area contributed by atoms with Crippen LogP contribution < -0.4 is 0 Å². The fourth-order valence-electron chi connectivity index (χ4n) is 7.12. The van der Waals surface area contributed by atoms with Gasteiger partial charge in [-0.15, -0.1) is 0 Å². The lowest BCUT2D eigenvalue weighted by atomic mass is 10.0. The number of aliphatic carboxylic acids is 1. The molecule has 0 amide bonds. The van der Waals surface area contributed by atoms with Crippen molar-refractivity contribution in [2.75, 3.05) is 0 Å². The number of carboxylic acids is 1. The van der Waals surface area contributed by atoms with E-state index < -0.39 is 5.97 Å². The molecule has 0 radical (unpaired) electrons. The number of hydrogen-bond donors (Lipinski definition) is 1. The van der Waals surface area contributed by atoms with Gasteiger partial charge in [-0.2, -0.15) is 0 Å². The largest absolute Gasteiger partial charge is 0.481 e. The molecule has 0 aliphatic carbocycles. The van der Waals surface area contributed by atoms with E-state index in [4.69, 9.17) is 9.84 Å². The first-order chi connectivity index (χ1) is 24.6. The lowest BCUT2D eigenvalue weighted by Gasteiger charge is -2.18. The first-order valence-corrected chi connectivity index (χ1v) is 22.7. The number of carbonyl (C=O) groups excluding carboxylic acids is 1. The van der Waals surface area contributed by atoms with Gasteiger partial charge in [-0.3, -0.25) is 9.59 Å². The molecule has 1 N–H and O–H groups in total. The maximum absolute atomic E-state index is 12.7. The molecule has 296 valence electrons. The predicted molar refractivity (Wildman–Crippen MR) is 218 cm³/mol. The van der Waals surface area contributed by atoms with Crippen molar-refractivity contribution in [3.05, 3.63) is 12.2 Å². The Hall–Kier alpha value is -1.32. The lowest BCUT2D eigenvalue weighted by Crippen LogP contribution is -2.18. The zero-order valence-corrected chi connectivity index (χ0v) is 34.0. The van der Waals surface area contributed by atoms with E-state index >= 15 is 0 Å². The predicted octanol–water partition coefficient (Wildman–Crippen LogP) is 15.8. The van der Waals surface area contributed by atoms with Crippen LogP contribution in [0.2, 0.25) is 0 Å². The Morgan fingerprint density at radius 1 is 0.420 bits per heavy atom. The topological polar surface area (TPSA) is 63.6 Å². The van der Waals surface area contributed by atoms with Crippen LogP contribution in [0, 0.1) is 0 Å². The van der Waals surface area contributed by atoms with E-state index in [0.717, 1.165) is 38.5 Å². The monoisotopic (exact) mass is 705 g/mol. The molecule has 0 rings (SSSR count). The number of unbranched alkanes of at least 4 members (excludes halogenated alkanes) is 31. The number of esters is 1. The van der Waals surface area contributed by atoms with E-state index in [9.17, 15) is 9.59 Å². The Kier molecular flexibility index (Phi) is 41.0. The molecule has 1 unspecified atom stereocenters. The quantitative estimate of drug-likeness (QED) is 0.0390. The Morgan fingerprint density at radius 2 is 0.720 bits per heavy atom. The molecule has 0 spiro atoms. The molecule has 0 bridgehead atoms. The molecule has 0 aromatic carbocycles. The van der Waals surface area contributed by atoms with Gasteiger partial charge in [0, 0.05) is 12.8 Å². The van der Waals surface area contributed by atoms with E-state index in [1.165, 1.54) is 199 Å². The maximum Gasteiger partial charge on any atom is 0.306 e. The first-order valence-electron chi connectivity index (χ1n) is 22.7. The summed E-state index contributed by atoms with van der Waals surface area (Å²) < 4.78 is 6.07. The zero-order chi connectivity index (χ0) is 36.4. The van der Waals surface area contributed by atoms with Gasteiger partial charge in [0.25, 0.3) is 0 Å². The van der Waals surface area contributed by atoms with Crippen molar-refractivity contribution >= 4 is 11.9 Å². The summed E-state index contributed by atoms with van der Waals surface area (Å²) in [7, 11) is 0. The maximum atomic E-state index is 12.7. The highest BCUT2D eigenvalue weighted by molar-refractivity contribution is 5.69. The summed E-state index contributed by atoms with van der Waals surface area (Å²) in [5, 5.41) is 8.72. The number of allylic oxidation sites excluding steroid dienone is 2. The van der Waals surface area contributed by atoms with Crippen molar-refractivity contribution in [1.82, 2.24) is 0 Å². The van der Waals surface area contributed by atoms with Gasteiger partial charge in [-0.25, -0.2) is 0 Å². The van der Waals surface area contributed by atoms with Crippen molar-refractivity contribution < 1.29 is 19.4 Å². The van der Waals surface area contributed by atoms with Crippen molar-refractivity contribution in [1.29, 1.82) is 0 Å². The minimum atomic E-state index is -0.669. The van der Waals surface area contributed by atoms with Gasteiger partial charge in [0.2, 0.25) is 0 Å². The van der Waals surface area contributed by atoms with Gasteiger partial charge in [0.1, 0.15) is 6.10 Å². The first kappa shape index (κ1) is 48.7. The van der Waals surface area contributed by atoms with Gasteiger partial charge in [0.15, 0.2) is 0 Å². The molecule has 0 aliphatic heterocycles. The second-order valence-electron chi connectivity index (χ2n) is 15.6. The molecule has 0 aliphatic rings. The summed E-state index contributed by atoms with van der Waals surface area (Å²) in [5.74, 6) is -0.626. The second-order valence-corrected chi connectivity index (χ2v) is 15.6. The highest BCUT2D eigenvalue weighted by atomic mass is 16.5. The van der Waals surface area contributed by atoms with Gasteiger partial charge in [-0.1, -0.05) is 199 Å². The Labute approximate surface area is 313 Å². The SMILES string of the molecule is CCCCCCCC/C=C\CCCCCCCCCCCC(=O)OC(CCCCCCCCC)CCCCCCCCCCCCCC(=O)O. The Bertz CT molecular complexity index is 717. The Balaban J connectivity index is 3.90. The fourth-order valence-corrected chi connectivity index (χ4v) is 7.12. The third-order valence-corrected chi connectivity index (χ3v) is 10.5. The van der Waals surface area contributed by atoms with Crippen LogP contribution in [-0.2, 0) is 14.3 Å². The summed E-state index contributed by atoms with van der Waals surface area (Å²) in [6, 6.07) is 0. The van der Waals surface area contributed by atoms with Crippen LogP contribution in [0.25, 0.3) is 0 Å². The molecule has 1 atom stereocenters. The number of ether oxygens (including phenoxy) is 1. The molecule has 0 saturated carbocycles. The summed E-state index contributed by atoms with van der Waals surface area (Å²) in [6.45, 7) is 4.56. The van der Waals surface area contributed by atoms with Crippen molar-refractivity contribution in [3.63, 3.8) is 0 Å². The van der Waals surface area contributed by atoms with E-state index in [0.29, 0.717) is 12.8 Å². The van der Waals surface area contributed by atoms with Crippen LogP contribution >= 0.6 is 0 Å². The third-order valence-electron chi connectivity index (χ3n) is 10.5. The van der Waals surface area contributed by atoms with Crippen LogP contribution in [0.1, 0.15) is 264 Å². The van der Waals surface area contributed by atoms with Gasteiger partial charge in [-0.05, 0) is 64.2 Å². The molecule has 0 saturated heterocycles. The van der Waals surface area contributed by atoms with E-state index in [2.05, 4.69) is 26.0 Å². The normalized spacial score (nSPS) is 12.2. The average Bonchev–Trinajstić information content (AvgIpc) is 3.10. The minimum absolute atomic E-state index is 0.0435. The highest BCUT2D eigenvalue weighted by Gasteiger charge is 2.14. The highest BCUT2D eigenvalue weighted by Crippen LogP contribution is 2.19. The summed E-state index contributed by atoms with van der Waals surface area (Å²) in [4.78, 5) is 23.3. The molecule has 4 nitrogen and oxygen atoms in total. The van der Waals surface area contributed by atoms with Crippen LogP contribution in [-0.4, -0.2) is 23.1 Å². The van der Waals surface area contributed by atoms with Crippen LogP contribution in [0.5, 0.6) is 0 Å². The fraction of sp³-hybridized carbons (Fsp3) is 0.913. The number of hydrogen-bond acceptors (Lipinski definition) is 3.